The zero-order chi connectivity index (χ0) is 14.2. The summed E-state index contributed by atoms with van der Waals surface area (Å²) in [7, 11) is 0. The number of fused-ring (bicyclic) bond motifs is 1. The van der Waals surface area contributed by atoms with Crippen LogP contribution in [-0.4, -0.2) is 23.1 Å². The molecule has 3 nitrogen and oxygen atoms in total. The highest BCUT2D eigenvalue weighted by atomic mass is 79.9. The third-order valence-electron chi connectivity index (χ3n) is 3.28. The van der Waals surface area contributed by atoms with Crippen molar-refractivity contribution in [2.24, 2.45) is 0 Å². The van der Waals surface area contributed by atoms with E-state index in [0.717, 1.165) is 10.9 Å². The van der Waals surface area contributed by atoms with Gasteiger partial charge in [-0.05, 0) is 57.4 Å². The van der Waals surface area contributed by atoms with Crippen LogP contribution < -0.4 is 0 Å². The van der Waals surface area contributed by atoms with Gasteiger partial charge in [0, 0.05) is 11.0 Å². The number of ether oxygens (including phenoxy) is 1. The molecule has 0 saturated heterocycles. The molecule has 0 spiro atoms. The Balaban J connectivity index is 2.21. The van der Waals surface area contributed by atoms with Gasteiger partial charge >= 0.3 is 6.09 Å². The van der Waals surface area contributed by atoms with Crippen molar-refractivity contribution in [1.82, 2.24) is 4.90 Å². The fourth-order valence-corrected chi connectivity index (χ4v) is 2.73. The number of carbonyl (C=O) groups is 1. The van der Waals surface area contributed by atoms with Gasteiger partial charge in [0.1, 0.15) is 5.60 Å². The molecular weight excluding hydrogens is 306 g/mol. The Labute approximate surface area is 123 Å². The molecule has 1 aliphatic heterocycles. The summed E-state index contributed by atoms with van der Waals surface area (Å²) in [6, 6.07) is 6.32. The Bertz CT molecular complexity index is 493. The molecule has 19 heavy (non-hydrogen) atoms. The maximum absolute atomic E-state index is 12.2. The zero-order valence-electron chi connectivity index (χ0n) is 11.9. The van der Waals surface area contributed by atoms with E-state index < -0.39 is 5.60 Å². The van der Waals surface area contributed by atoms with Crippen LogP contribution in [0.5, 0.6) is 0 Å². The van der Waals surface area contributed by atoms with Gasteiger partial charge in [-0.1, -0.05) is 22.0 Å². The van der Waals surface area contributed by atoms with Crippen LogP contribution in [-0.2, 0) is 11.2 Å². The van der Waals surface area contributed by atoms with E-state index in [1.54, 1.807) is 4.90 Å². The van der Waals surface area contributed by atoms with Gasteiger partial charge < -0.3 is 9.64 Å². The van der Waals surface area contributed by atoms with Gasteiger partial charge in [0.25, 0.3) is 0 Å². The quantitative estimate of drug-likeness (QED) is 0.711. The number of hydrogen-bond donors (Lipinski definition) is 0. The van der Waals surface area contributed by atoms with E-state index in [1.165, 1.54) is 11.1 Å². The minimum absolute atomic E-state index is 0.0519. The van der Waals surface area contributed by atoms with Gasteiger partial charge in [0.05, 0.1) is 6.04 Å². The number of halogens is 1. The van der Waals surface area contributed by atoms with Crippen molar-refractivity contribution in [3.05, 3.63) is 33.8 Å². The molecule has 0 radical (unpaired) electrons. The molecule has 0 saturated carbocycles. The lowest BCUT2D eigenvalue weighted by molar-refractivity contribution is 0.0159. The summed E-state index contributed by atoms with van der Waals surface area (Å²) in [5.41, 5.74) is 2.07. The molecule has 1 atom stereocenters. The van der Waals surface area contributed by atoms with Gasteiger partial charge in [-0.25, -0.2) is 4.79 Å². The Morgan fingerprint density at radius 2 is 2.11 bits per heavy atom. The lowest BCUT2D eigenvalue weighted by Gasteiger charge is -2.36. The van der Waals surface area contributed by atoms with Crippen LogP contribution in [0.15, 0.2) is 22.7 Å². The maximum atomic E-state index is 12.2. The van der Waals surface area contributed by atoms with E-state index in [9.17, 15) is 4.79 Å². The Hall–Kier alpha value is -1.03. The second kappa shape index (κ2) is 5.16. The minimum atomic E-state index is -0.450. The summed E-state index contributed by atoms with van der Waals surface area (Å²) in [4.78, 5) is 14.0. The largest absolute Gasteiger partial charge is 0.444 e. The molecule has 0 aliphatic carbocycles. The molecule has 0 N–H and O–H groups in total. The number of hydrogen-bond acceptors (Lipinski definition) is 2. The fourth-order valence-electron chi connectivity index (χ4n) is 2.35. The Kier molecular flexibility index (Phi) is 3.90. The summed E-state index contributed by atoms with van der Waals surface area (Å²) in [6.07, 6.45) is 0.650. The normalized spacial score (nSPS) is 19.0. The van der Waals surface area contributed by atoms with E-state index >= 15 is 0 Å². The molecule has 0 fully saturated rings. The van der Waals surface area contributed by atoms with E-state index in [1.807, 2.05) is 27.7 Å². The topological polar surface area (TPSA) is 29.5 Å². The number of benzene rings is 1. The summed E-state index contributed by atoms with van der Waals surface area (Å²) >= 11 is 3.49. The minimum Gasteiger partial charge on any atom is -0.444 e. The van der Waals surface area contributed by atoms with Crippen molar-refractivity contribution in [3.8, 4) is 0 Å². The molecule has 0 bridgehead atoms. The smallest absolute Gasteiger partial charge is 0.410 e. The first-order valence-electron chi connectivity index (χ1n) is 6.56. The van der Waals surface area contributed by atoms with E-state index in [-0.39, 0.29) is 12.1 Å². The first kappa shape index (κ1) is 14.4. The highest BCUT2D eigenvalue weighted by Gasteiger charge is 2.30. The molecule has 1 aliphatic rings. The van der Waals surface area contributed by atoms with Crippen LogP contribution in [0, 0.1) is 0 Å². The summed E-state index contributed by atoms with van der Waals surface area (Å²) in [5, 5.41) is 0. The average Bonchev–Trinajstić information content (AvgIpc) is 2.28. The SMILES string of the molecule is C[C@H]1c2cc(Br)ccc2CCN1C(=O)OC(C)(C)C. The van der Waals surface area contributed by atoms with Crippen molar-refractivity contribution in [3.63, 3.8) is 0 Å². The fraction of sp³-hybridized carbons (Fsp3) is 0.533. The average molecular weight is 326 g/mol. The Morgan fingerprint density at radius 1 is 1.42 bits per heavy atom. The molecule has 0 aromatic heterocycles. The van der Waals surface area contributed by atoms with Crippen LogP contribution in [0.1, 0.15) is 44.9 Å². The van der Waals surface area contributed by atoms with Crippen molar-refractivity contribution < 1.29 is 9.53 Å². The zero-order valence-corrected chi connectivity index (χ0v) is 13.5. The maximum Gasteiger partial charge on any atom is 0.410 e. The lowest BCUT2D eigenvalue weighted by atomic mass is 9.94. The second-order valence-corrected chi connectivity index (χ2v) is 6.86. The van der Waals surface area contributed by atoms with E-state index in [0.29, 0.717) is 6.54 Å². The van der Waals surface area contributed by atoms with Crippen LogP contribution in [0.25, 0.3) is 0 Å². The number of carbonyl (C=O) groups excluding carboxylic acids is 1. The van der Waals surface area contributed by atoms with Gasteiger partial charge in [0.2, 0.25) is 0 Å². The summed E-state index contributed by atoms with van der Waals surface area (Å²) < 4.78 is 6.51. The molecule has 4 heteroatoms. The molecule has 2 rings (SSSR count). The monoisotopic (exact) mass is 325 g/mol. The number of amides is 1. The highest BCUT2D eigenvalue weighted by molar-refractivity contribution is 9.10. The number of rotatable bonds is 0. The van der Waals surface area contributed by atoms with E-state index in [2.05, 4.69) is 34.1 Å². The summed E-state index contributed by atoms with van der Waals surface area (Å²) in [5.74, 6) is 0. The molecule has 104 valence electrons. The van der Waals surface area contributed by atoms with Gasteiger partial charge in [-0.2, -0.15) is 0 Å². The van der Waals surface area contributed by atoms with Crippen LogP contribution in [0.4, 0.5) is 4.79 Å². The van der Waals surface area contributed by atoms with Crippen LogP contribution >= 0.6 is 15.9 Å². The lowest BCUT2D eigenvalue weighted by Crippen LogP contribution is -2.42. The molecule has 1 aromatic rings. The molecule has 0 unspecified atom stereocenters. The Morgan fingerprint density at radius 3 is 2.74 bits per heavy atom. The van der Waals surface area contributed by atoms with Crippen molar-refractivity contribution in [1.29, 1.82) is 0 Å². The van der Waals surface area contributed by atoms with Crippen molar-refractivity contribution in [2.75, 3.05) is 6.54 Å². The molecule has 1 amide bonds. The van der Waals surface area contributed by atoms with Gasteiger partial charge in [-0.15, -0.1) is 0 Å². The van der Waals surface area contributed by atoms with Crippen molar-refractivity contribution in [2.45, 2.75) is 45.8 Å². The first-order valence-corrected chi connectivity index (χ1v) is 7.35. The van der Waals surface area contributed by atoms with Crippen LogP contribution in [0.2, 0.25) is 0 Å². The van der Waals surface area contributed by atoms with Crippen LogP contribution in [0.3, 0.4) is 0 Å². The van der Waals surface area contributed by atoms with Gasteiger partial charge in [-0.3, -0.25) is 0 Å². The van der Waals surface area contributed by atoms with E-state index in [4.69, 9.17) is 4.74 Å². The van der Waals surface area contributed by atoms with Crippen molar-refractivity contribution >= 4 is 22.0 Å². The third-order valence-corrected chi connectivity index (χ3v) is 3.77. The molecule has 1 heterocycles. The number of nitrogens with zero attached hydrogens (tertiary/aromatic N) is 1. The first-order chi connectivity index (χ1) is 8.78. The third kappa shape index (κ3) is 3.30. The molecular formula is C15H20BrNO2. The standard InChI is InChI=1S/C15H20BrNO2/c1-10-13-9-12(16)6-5-11(13)7-8-17(10)14(18)19-15(2,3)4/h5-6,9-10H,7-8H2,1-4H3/t10-/m0/s1. The predicted octanol–water partition coefficient (Wildman–Crippen LogP) is 4.30. The second-order valence-electron chi connectivity index (χ2n) is 5.94. The highest BCUT2D eigenvalue weighted by Crippen LogP contribution is 2.32. The molecule has 1 aromatic carbocycles. The predicted molar refractivity (Wildman–Crippen MR) is 79.2 cm³/mol. The summed E-state index contributed by atoms with van der Waals surface area (Å²) in [6.45, 7) is 8.44. The van der Waals surface area contributed by atoms with Gasteiger partial charge in [0.15, 0.2) is 0 Å².